The number of hydrogen-bond acceptors (Lipinski definition) is 0. The fourth-order valence-corrected chi connectivity index (χ4v) is 2.99. The molecule has 17 heavy (non-hydrogen) atoms. The Morgan fingerprint density at radius 3 is 2.82 bits per heavy atom. The van der Waals surface area contributed by atoms with E-state index in [2.05, 4.69) is 59.2 Å². The molecule has 0 radical (unpaired) electrons. The standard InChI is InChI=1S/C15H20BrN/c1-3-5-7-11(4-2)13-10-17-15-12(13)8-6-9-14(15)16/h6,8-11,17H,3-5,7H2,1-2H3. The molecular weight excluding hydrogens is 274 g/mol. The van der Waals surface area contributed by atoms with E-state index in [-0.39, 0.29) is 0 Å². The van der Waals surface area contributed by atoms with Crippen molar-refractivity contribution < 1.29 is 0 Å². The zero-order chi connectivity index (χ0) is 12.3. The van der Waals surface area contributed by atoms with Crippen LogP contribution in [0.5, 0.6) is 0 Å². The normalized spacial score (nSPS) is 13.1. The molecule has 2 aromatic rings. The molecule has 0 saturated carbocycles. The van der Waals surface area contributed by atoms with E-state index in [0.717, 1.165) is 4.47 Å². The van der Waals surface area contributed by atoms with Gasteiger partial charge in [0.2, 0.25) is 0 Å². The summed E-state index contributed by atoms with van der Waals surface area (Å²) in [6, 6.07) is 6.44. The van der Waals surface area contributed by atoms with E-state index in [1.165, 1.54) is 42.1 Å². The van der Waals surface area contributed by atoms with Gasteiger partial charge in [-0.05, 0) is 46.3 Å². The molecule has 1 nitrogen and oxygen atoms in total. The molecule has 0 spiro atoms. The van der Waals surface area contributed by atoms with Crippen LogP contribution in [0.1, 0.15) is 51.0 Å². The highest BCUT2D eigenvalue weighted by Crippen LogP contribution is 2.33. The topological polar surface area (TPSA) is 15.8 Å². The number of nitrogens with one attached hydrogen (secondary N) is 1. The van der Waals surface area contributed by atoms with Gasteiger partial charge in [0.1, 0.15) is 0 Å². The van der Waals surface area contributed by atoms with Gasteiger partial charge in [-0.3, -0.25) is 0 Å². The first kappa shape index (κ1) is 12.7. The van der Waals surface area contributed by atoms with Crippen LogP contribution in [0.4, 0.5) is 0 Å². The predicted octanol–water partition coefficient (Wildman–Crippen LogP) is 5.61. The number of H-pyrrole nitrogens is 1. The zero-order valence-electron chi connectivity index (χ0n) is 10.6. The van der Waals surface area contributed by atoms with E-state index in [1.807, 2.05) is 0 Å². The molecule has 92 valence electrons. The number of unbranched alkanes of at least 4 members (excludes halogenated alkanes) is 1. The van der Waals surface area contributed by atoms with Gasteiger partial charge < -0.3 is 4.98 Å². The van der Waals surface area contributed by atoms with Crippen LogP contribution in [0.3, 0.4) is 0 Å². The molecule has 1 aromatic heterocycles. The smallest absolute Gasteiger partial charge is 0.0601 e. The van der Waals surface area contributed by atoms with Crippen molar-refractivity contribution in [2.24, 2.45) is 0 Å². The van der Waals surface area contributed by atoms with Crippen LogP contribution >= 0.6 is 15.9 Å². The molecule has 0 saturated heterocycles. The van der Waals surface area contributed by atoms with E-state index in [1.54, 1.807) is 0 Å². The molecule has 2 rings (SSSR count). The van der Waals surface area contributed by atoms with Gasteiger partial charge in [0.15, 0.2) is 0 Å². The second-order valence-corrected chi connectivity index (χ2v) is 5.51. The Morgan fingerprint density at radius 1 is 1.29 bits per heavy atom. The van der Waals surface area contributed by atoms with Crippen LogP contribution < -0.4 is 0 Å². The summed E-state index contributed by atoms with van der Waals surface area (Å²) in [5, 5.41) is 1.38. The van der Waals surface area contributed by atoms with E-state index >= 15 is 0 Å². The summed E-state index contributed by atoms with van der Waals surface area (Å²) in [5.41, 5.74) is 2.72. The maximum Gasteiger partial charge on any atom is 0.0601 e. The Kier molecular flexibility index (Phi) is 4.27. The van der Waals surface area contributed by atoms with Crippen LogP contribution in [0, 0.1) is 0 Å². The summed E-state index contributed by atoms with van der Waals surface area (Å²) in [6.45, 7) is 4.55. The summed E-state index contributed by atoms with van der Waals surface area (Å²) in [6.07, 6.45) is 7.31. The summed E-state index contributed by atoms with van der Waals surface area (Å²) >= 11 is 3.60. The van der Waals surface area contributed by atoms with E-state index in [0.29, 0.717) is 5.92 Å². The van der Waals surface area contributed by atoms with Crippen molar-refractivity contribution in [2.75, 3.05) is 0 Å². The lowest BCUT2D eigenvalue weighted by Crippen LogP contribution is -1.96. The van der Waals surface area contributed by atoms with Crippen LogP contribution in [0.15, 0.2) is 28.9 Å². The van der Waals surface area contributed by atoms with Crippen molar-refractivity contribution in [1.29, 1.82) is 0 Å². The van der Waals surface area contributed by atoms with Crippen molar-refractivity contribution in [3.63, 3.8) is 0 Å². The second-order valence-electron chi connectivity index (χ2n) is 4.65. The maximum absolute atomic E-state index is 3.60. The molecule has 1 heterocycles. The fourth-order valence-electron chi connectivity index (χ4n) is 2.51. The van der Waals surface area contributed by atoms with E-state index < -0.39 is 0 Å². The summed E-state index contributed by atoms with van der Waals surface area (Å²) in [5.74, 6) is 0.693. The number of halogens is 1. The summed E-state index contributed by atoms with van der Waals surface area (Å²) in [7, 11) is 0. The van der Waals surface area contributed by atoms with Gasteiger partial charge in [0, 0.05) is 16.1 Å². The van der Waals surface area contributed by atoms with E-state index in [9.17, 15) is 0 Å². The Hall–Kier alpha value is -0.760. The second kappa shape index (κ2) is 5.72. The largest absolute Gasteiger partial charge is 0.360 e. The minimum absolute atomic E-state index is 0.693. The first-order valence-corrected chi connectivity index (χ1v) is 7.32. The molecule has 1 unspecified atom stereocenters. The third-order valence-corrected chi connectivity index (χ3v) is 4.20. The van der Waals surface area contributed by atoms with Crippen molar-refractivity contribution >= 4 is 26.8 Å². The molecular formula is C15H20BrN. The first-order chi connectivity index (χ1) is 8.27. The Labute approximate surface area is 112 Å². The fraction of sp³-hybridized carbons (Fsp3) is 0.467. The van der Waals surface area contributed by atoms with Crippen LogP contribution in [0.25, 0.3) is 10.9 Å². The van der Waals surface area contributed by atoms with Crippen LogP contribution in [-0.4, -0.2) is 4.98 Å². The van der Waals surface area contributed by atoms with Gasteiger partial charge in [0.05, 0.1) is 5.52 Å². The molecule has 1 aromatic carbocycles. The molecule has 1 N–H and O–H groups in total. The van der Waals surface area contributed by atoms with Crippen molar-refractivity contribution in [2.45, 2.75) is 45.4 Å². The minimum atomic E-state index is 0.693. The van der Waals surface area contributed by atoms with Gasteiger partial charge in [-0.2, -0.15) is 0 Å². The molecule has 0 bridgehead atoms. The molecule has 0 aliphatic rings. The first-order valence-electron chi connectivity index (χ1n) is 6.53. The predicted molar refractivity (Wildman–Crippen MR) is 78.6 cm³/mol. The summed E-state index contributed by atoms with van der Waals surface area (Å²) in [4.78, 5) is 3.40. The number of benzene rings is 1. The maximum atomic E-state index is 3.60. The lowest BCUT2D eigenvalue weighted by Gasteiger charge is -2.13. The van der Waals surface area contributed by atoms with Gasteiger partial charge in [-0.1, -0.05) is 38.8 Å². The number of para-hydroxylation sites is 1. The average molecular weight is 294 g/mol. The number of rotatable bonds is 5. The third-order valence-electron chi connectivity index (χ3n) is 3.54. The van der Waals surface area contributed by atoms with Crippen LogP contribution in [-0.2, 0) is 0 Å². The number of aromatic nitrogens is 1. The lowest BCUT2D eigenvalue weighted by molar-refractivity contribution is 0.573. The zero-order valence-corrected chi connectivity index (χ0v) is 12.2. The molecule has 0 fully saturated rings. The highest BCUT2D eigenvalue weighted by molar-refractivity contribution is 9.10. The van der Waals surface area contributed by atoms with Gasteiger partial charge in [-0.25, -0.2) is 0 Å². The quantitative estimate of drug-likeness (QED) is 0.737. The Morgan fingerprint density at radius 2 is 2.12 bits per heavy atom. The SMILES string of the molecule is CCCCC(CC)c1c[nH]c2c(Br)cccc12. The minimum Gasteiger partial charge on any atom is -0.360 e. The third kappa shape index (κ3) is 2.57. The van der Waals surface area contributed by atoms with Crippen LogP contribution in [0.2, 0.25) is 0 Å². The van der Waals surface area contributed by atoms with Gasteiger partial charge in [0.25, 0.3) is 0 Å². The molecule has 0 amide bonds. The number of fused-ring (bicyclic) bond motifs is 1. The van der Waals surface area contributed by atoms with Crippen molar-refractivity contribution in [1.82, 2.24) is 4.98 Å². The highest BCUT2D eigenvalue weighted by atomic mass is 79.9. The monoisotopic (exact) mass is 293 g/mol. The van der Waals surface area contributed by atoms with E-state index in [4.69, 9.17) is 0 Å². The molecule has 0 aliphatic carbocycles. The highest BCUT2D eigenvalue weighted by Gasteiger charge is 2.14. The van der Waals surface area contributed by atoms with Gasteiger partial charge in [-0.15, -0.1) is 0 Å². The number of hydrogen-bond donors (Lipinski definition) is 1. The molecule has 2 heteroatoms. The Bertz CT molecular complexity index is 487. The van der Waals surface area contributed by atoms with Crippen molar-refractivity contribution in [3.8, 4) is 0 Å². The lowest BCUT2D eigenvalue weighted by atomic mass is 9.91. The Balaban J connectivity index is 2.37. The number of aromatic amines is 1. The molecule has 1 atom stereocenters. The van der Waals surface area contributed by atoms with Crippen molar-refractivity contribution in [3.05, 3.63) is 34.4 Å². The average Bonchev–Trinajstić information content (AvgIpc) is 2.76. The summed E-state index contributed by atoms with van der Waals surface area (Å²) < 4.78 is 1.16. The molecule has 0 aliphatic heterocycles. The van der Waals surface area contributed by atoms with Gasteiger partial charge >= 0.3 is 0 Å².